The maximum Gasteiger partial charge on any atom is 0.416 e. The van der Waals surface area contributed by atoms with Crippen molar-refractivity contribution in [1.29, 1.82) is 5.26 Å². The smallest absolute Gasteiger partial charge is 0.416 e. The molecule has 0 bridgehead atoms. The van der Waals surface area contributed by atoms with Gasteiger partial charge in [0, 0.05) is 0 Å². The van der Waals surface area contributed by atoms with Crippen LogP contribution >= 0.6 is 39.1 Å². The molecule has 5 nitrogen and oxygen atoms in total. The minimum Gasteiger partial charge on any atom is -0.463 e. The standard InChI is InChI=1S/C16H6BrCl2F3N4O/c17-13-12(6-23)25-26(15(13)24-7-9-2-1-3-27-9)14-10(18)4-8(5-11(14)19)16(20,21)22/h1-5,7H/b24-7+. The zero-order chi connectivity index (χ0) is 19.8. The third-order valence-electron chi connectivity index (χ3n) is 3.32. The van der Waals surface area contributed by atoms with Crippen molar-refractivity contribution in [2.75, 3.05) is 0 Å². The molecule has 11 heteroatoms. The summed E-state index contributed by atoms with van der Waals surface area (Å²) in [5, 5.41) is 12.6. The molecule has 2 aromatic heterocycles. The van der Waals surface area contributed by atoms with Gasteiger partial charge >= 0.3 is 6.18 Å². The van der Waals surface area contributed by atoms with Crippen LogP contribution in [0.2, 0.25) is 10.0 Å². The van der Waals surface area contributed by atoms with Crippen LogP contribution in [0.1, 0.15) is 17.0 Å². The first-order valence-corrected chi connectivity index (χ1v) is 8.60. The maximum absolute atomic E-state index is 12.9. The van der Waals surface area contributed by atoms with E-state index in [1.54, 1.807) is 12.1 Å². The number of aliphatic imine (C=N–C) groups is 1. The lowest BCUT2D eigenvalue weighted by atomic mass is 10.2. The van der Waals surface area contributed by atoms with Crippen LogP contribution in [0.4, 0.5) is 19.0 Å². The van der Waals surface area contributed by atoms with Crippen LogP contribution in [0.3, 0.4) is 0 Å². The van der Waals surface area contributed by atoms with Crippen LogP contribution in [0.5, 0.6) is 0 Å². The highest BCUT2D eigenvalue weighted by atomic mass is 79.9. The van der Waals surface area contributed by atoms with Gasteiger partial charge in [-0.2, -0.15) is 23.5 Å². The molecule has 138 valence electrons. The summed E-state index contributed by atoms with van der Waals surface area (Å²) >= 11 is 15.3. The Morgan fingerprint density at radius 2 is 1.96 bits per heavy atom. The molecule has 0 N–H and O–H groups in total. The Labute approximate surface area is 168 Å². The van der Waals surface area contributed by atoms with E-state index >= 15 is 0 Å². The van der Waals surface area contributed by atoms with Gasteiger partial charge in [0.1, 0.15) is 22.0 Å². The zero-order valence-electron chi connectivity index (χ0n) is 12.9. The van der Waals surface area contributed by atoms with Crippen molar-refractivity contribution in [2.24, 2.45) is 4.99 Å². The summed E-state index contributed by atoms with van der Waals surface area (Å²) in [4.78, 5) is 4.19. The number of hydrogen-bond donors (Lipinski definition) is 0. The second kappa shape index (κ2) is 7.38. The molecule has 0 unspecified atom stereocenters. The van der Waals surface area contributed by atoms with Crippen molar-refractivity contribution in [3.05, 3.63) is 62.1 Å². The van der Waals surface area contributed by atoms with E-state index < -0.39 is 11.7 Å². The van der Waals surface area contributed by atoms with Gasteiger partial charge in [-0.05, 0) is 40.2 Å². The molecule has 0 amide bonds. The zero-order valence-corrected chi connectivity index (χ0v) is 16.0. The lowest BCUT2D eigenvalue weighted by Gasteiger charge is -2.13. The van der Waals surface area contributed by atoms with Gasteiger partial charge in [0.25, 0.3) is 0 Å². The third kappa shape index (κ3) is 3.88. The normalized spacial score (nSPS) is 11.9. The van der Waals surface area contributed by atoms with E-state index in [2.05, 4.69) is 26.0 Å². The van der Waals surface area contributed by atoms with Gasteiger partial charge in [-0.15, -0.1) is 0 Å². The van der Waals surface area contributed by atoms with Crippen LogP contribution in [-0.2, 0) is 6.18 Å². The lowest BCUT2D eigenvalue weighted by molar-refractivity contribution is -0.137. The SMILES string of the molecule is N#Cc1nn(-c2c(Cl)cc(C(F)(F)F)cc2Cl)c(/N=C/c2ccco2)c1Br. The molecule has 0 aliphatic heterocycles. The first kappa shape index (κ1) is 19.5. The third-order valence-corrected chi connectivity index (χ3v) is 4.63. The van der Waals surface area contributed by atoms with Crippen molar-refractivity contribution >= 4 is 51.2 Å². The largest absolute Gasteiger partial charge is 0.463 e. The van der Waals surface area contributed by atoms with Crippen molar-refractivity contribution in [2.45, 2.75) is 6.18 Å². The first-order valence-electron chi connectivity index (χ1n) is 7.05. The summed E-state index contributed by atoms with van der Waals surface area (Å²) in [6.07, 6.45) is -1.82. The van der Waals surface area contributed by atoms with Gasteiger partial charge in [-0.25, -0.2) is 9.67 Å². The Kier molecular flexibility index (Phi) is 5.33. The topological polar surface area (TPSA) is 67.1 Å². The van der Waals surface area contributed by atoms with Crippen LogP contribution in [0, 0.1) is 11.3 Å². The molecule has 0 fully saturated rings. The molecule has 0 spiro atoms. The highest BCUT2D eigenvalue weighted by Gasteiger charge is 2.33. The summed E-state index contributed by atoms with van der Waals surface area (Å²) in [6.45, 7) is 0. The van der Waals surface area contributed by atoms with Crippen molar-refractivity contribution < 1.29 is 17.6 Å². The molecular weight excluding hydrogens is 472 g/mol. The maximum atomic E-state index is 12.9. The Morgan fingerprint density at radius 1 is 1.30 bits per heavy atom. The molecular formula is C16H6BrCl2F3N4O. The summed E-state index contributed by atoms with van der Waals surface area (Å²) in [6, 6.07) is 6.60. The van der Waals surface area contributed by atoms with Gasteiger partial charge in [0.2, 0.25) is 0 Å². The molecule has 0 saturated heterocycles. The van der Waals surface area contributed by atoms with Gasteiger partial charge in [-0.3, -0.25) is 0 Å². The molecule has 3 rings (SSSR count). The van der Waals surface area contributed by atoms with Gasteiger partial charge < -0.3 is 4.42 Å². The Morgan fingerprint density at radius 3 is 2.48 bits per heavy atom. The molecule has 2 heterocycles. The summed E-state index contributed by atoms with van der Waals surface area (Å²) in [5.74, 6) is 0.518. The Balaban J connectivity index is 2.19. The van der Waals surface area contributed by atoms with Crippen LogP contribution in [-0.4, -0.2) is 16.0 Å². The lowest BCUT2D eigenvalue weighted by Crippen LogP contribution is -2.07. The molecule has 0 saturated carbocycles. The van der Waals surface area contributed by atoms with E-state index in [1.807, 2.05) is 6.07 Å². The quantitative estimate of drug-likeness (QED) is 0.423. The van der Waals surface area contributed by atoms with E-state index in [0.717, 1.165) is 16.8 Å². The predicted molar refractivity (Wildman–Crippen MR) is 97.0 cm³/mol. The van der Waals surface area contributed by atoms with E-state index in [-0.39, 0.29) is 31.7 Å². The van der Waals surface area contributed by atoms with Gasteiger partial charge in [-0.1, -0.05) is 23.2 Å². The number of alkyl halides is 3. The molecule has 1 aromatic carbocycles. The minimum atomic E-state index is -4.62. The fourth-order valence-corrected chi connectivity index (χ4v) is 3.24. The summed E-state index contributed by atoms with van der Waals surface area (Å²) in [7, 11) is 0. The highest BCUT2D eigenvalue weighted by molar-refractivity contribution is 9.10. The second-order valence-corrected chi connectivity index (χ2v) is 6.68. The van der Waals surface area contributed by atoms with Crippen molar-refractivity contribution in [1.82, 2.24) is 9.78 Å². The Bertz CT molecular complexity index is 1050. The number of halogens is 6. The molecule has 3 aromatic rings. The number of benzene rings is 1. The predicted octanol–water partition coefficient (Wildman–Crippen LogP) is 6.18. The fraction of sp³-hybridized carbons (Fsp3) is 0.0625. The molecule has 0 aliphatic carbocycles. The van der Waals surface area contributed by atoms with Crippen LogP contribution in [0.25, 0.3) is 5.69 Å². The molecule has 0 aliphatic rings. The number of rotatable bonds is 3. The van der Waals surface area contributed by atoms with Crippen molar-refractivity contribution in [3.63, 3.8) is 0 Å². The molecule has 0 radical (unpaired) electrons. The second-order valence-electron chi connectivity index (χ2n) is 5.07. The highest BCUT2D eigenvalue weighted by Crippen LogP contribution is 2.40. The summed E-state index contributed by atoms with van der Waals surface area (Å²) < 4.78 is 45.3. The number of hydrogen-bond acceptors (Lipinski definition) is 4. The average Bonchev–Trinajstić information content (AvgIpc) is 3.20. The van der Waals surface area contributed by atoms with E-state index in [0.29, 0.717) is 5.76 Å². The van der Waals surface area contributed by atoms with Gasteiger partial charge in [0.05, 0.1) is 28.1 Å². The van der Waals surface area contributed by atoms with Gasteiger partial charge in [0.15, 0.2) is 11.5 Å². The minimum absolute atomic E-state index is 0.0415. The van der Waals surface area contributed by atoms with Crippen LogP contribution in [0.15, 0.2) is 44.4 Å². The van der Waals surface area contributed by atoms with E-state index in [1.165, 1.54) is 12.5 Å². The molecule has 0 atom stereocenters. The fourth-order valence-electron chi connectivity index (χ4n) is 2.15. The average molecular weight is 478 g/mol. The monoisotopic (exact) mass is 476 g/mol. The van der Waals surface area contributed by atoms with E-state index in [4.69, 9.17) is 27.6 Å². The number of furan rings is 1. The number of aromatic nitrogens is 2. The van der Waals surface area contributed by atoms with Crippen molar-refractivity contribution in [3.8, 4) is 11.8 Å². The summed E-state index contributed by atoms with van der Waals surface area (Å²) in [5.41, 5.74) is -1.10. The Hall–Kier alpha value is -2.28. The van der Waals surface area contributed by atoms with E-state index in [9.17, 15) is 18.4 Å². The first-order chi connectivity index (χ1) is 12.7. The number of nitriles is 1. The van der Waals surface area contributed by atoms with Crippen LogP contribution < -0.4 is 0 Å². The number of nitrogens with zero attached hydrogens (tertiary/aromatic N) is 4. The molecule has 27 heavy (non-hydrogen) atoms.